The van der Waals surface area contributed by atoms with Gasteiger partial charge in [0.2, 0.25) is 5.91 Å². The molecular weight excluding hydrogens is 230 g/mol. The Labute approximate surface area is 107 Å². The molecule has 1 unspecified atom stereocenters. The third-order valence-electron chi connectivity index (χ3n) is 3.29. The minimum Gasteiger partial charge on any atom is -0.373 e. The van der Waals surface area contributed by atoms with E-state index in [1.54, 1.807) is 11.2 Å². The normalized spacial score (nSPS) is 19.8. The molecule has 0 saturated carbocycles. The average molecular weight is 249 g/mol. The van der Waals surface area contributed by atoms with Crippen LogP contribution in [0.3, 0.4) is 0 Å². The summed E-state index contributed by atoms with van der Waals surface area (Å²) in [4.78, 5) is 21.6. The second-order valence-corrected chi connectivity index (χ2v) is 4.60. The molecule has 0 radical (unpaired) electrons. The highest BCUT2D eigenvalue weighted by Gasteiger charge is 2.23. The molecule has 18 heavy (non-hydrogen) atoms. The Hall–Kier alpha value is -1.85. The van der Waals surface area contributed by atoms with Crippen molar-refractivity contribution < 1.29 is 4.79 Å². The summed E-state index contributed by atoms with van der Waals surface area (Å²) in [5.74, 6) is 1.87. The van der Waals surface area contributed by atoms with Gasteiger partial charge in [-0.15, -0.1) is 0 Å². The Morgan fingerprint density at radius 1 is 1.39 bits per heavy atom. The third-order valence-corrected chi connectivity index (χ3v) is 3.29. The molecule has 1 atom stereocenters. The number of carbonyl (C=O) groups excluding carboxylic acids is 1. The highest BCUT2D eigenvalue weighted by Crippen LogP contribution is 2.20. The van der Waals surface area contributed by atoms with Crippen LogP contribution in [0.1, 0.15) is 18.4 Å². The molecule has 1 aromatic rings. The molecule has 6 nitrogen and oxygen atoms in total. The molecule has 98 valence electrons. The Morgan fingerprint density at radius 2 is 2.11 bits per heavy atom. The number of amides is 1. The number of nitrogens with one attached hydrogen (secondary N) is 2. The molecule has 1 aromatic heterocycles. The first-order valence-electron chi connectivity index (χ1n) is 6.11. The minimum absolute atomic E-state index is 0.211. The molecule has 0 spiro atoms. The highest BCUT2D eigenvalue weighted by atomic mass is 16.2. The van der Waals surface area contributed by atoms with Crippen molar-refractivity contribution in [2.24, 2.45) is 0 Å². The summed E-state index contributed by atoms with van der Waals surface area (Å²) >= 11 is 0. The van der Waals surface area contributed by atoms with Gasteiger partial charge in [0.1, 0.15) is 18.0 Å². The molecule has 1 aliphatic rings. The van der Waals surface area contributed by atoms with Crippen molar-refractivity contribution in [3.05, 3.63) is 11.9 Å². The first-order valence-corrected chi connectivity index (χ1v) is 6.11. The van der Waals surface area contributed by atoms with E-state index >= 15 is 0 Å². The van der Waals surface area contributed by atoms with Gasteiger partial charge in [-0.2, -0.15) is 0 Å². The maximum Gasteiger partial charge on any atom is 0.222 e. The van der Waals surface area contributed by atoms with Crippen LogP contribution in [-0.4, -0.2) is 47.5 Å². The molecular formula is C12H19N5O. The fourth-order valence-corrected chi connectivity index (χ4v) is 2.17. The molecule has 1 amide bonds. The van der Waals surface area contributed by atoms with Gasteiger partial charge in [-0.1, -0.05) is 0 Å². The number of aromatic nitrogens is 2. The van der Waals surface area contributed by atoms with Crippen LogP contribution >= 0.6 is 0 Å². The number of carbonyl (C=O) groups is 1. The molecule has 0 bridgehead atoms. The van der Waals surface area contributed by atoms with Crippen LogP contribution in [0.25, 0.3) is 0 Å². The maximum atomic E-state index is 11.4. The van der Waals surface area contributed by atoms with Crippen molar-refractivity contribution in [3.8, 4) is 0 Å². The predicted molar refractivity (Wildman–Crippen MR) is 70.6 cm³/mol. The largest absolute Gasteiger partial charge is 0.373 e. The number of anilines is 2. The second kappa shape index (κ2) is 5.20. The van der Waals surface area contributed by atoms with Gasteiger partial charge in [-0.25, -0.2) is 9.97 Å². The van der Waals surface area contributed by atoms with E-state index in [2.05, 4.69) is 20.6 Å². The molecule has 1 saturated heterocycles. The van der Waals surface area contributed by atoms with E-state index in [-0.39, 0.29) is 11.9 Å². The monoisotopic (exact) mass is 249 g/mol. The zero-order valence-electron chi connectivity index (χ0n) is 11.0. The zero-order valence-corrected chi connectivity index (χ0v) is 11.0. The van der Waals surface area contributed by atoms with Gasteiger partial charge in [0.05, 0.1) is 0 Å². The quantitative estimate of drug-likeness (QED) is 0.831. The SMILES string of the molecule is CNc1ncnc(NC2CCC(=O)N(C)C2)c1C. The molecule has 6 heteroatoms. The first kappa shape index (κ1) is 12.6. The predicted octanol–water partition coefficient (Wildman–Crippen LogP) is 0.859. The summed E-state index contributed by atoms with van der Waals surface area (Å²) in [6.45, 7) is 2.70. The van der Waals surface area contributed by atoms with Crippen molar-refractivity contribution in [1.29, 1.82) is 0 Å². The lowest BCUT2D eigenvalue weighted by Crippen LogP contribution is -2.43. The van der Waals surface area contributed by atoms with E-state index in [1.807, 2.05) is 21.0 Å². The standard InChI is InChI=1S/C12H19N5O/c1-8-11(13-2)14-7-15-12(8)16-9-4-5-10(18)17(3)6-9/h7,9H,4-6H2,1-3H3,(H2,13,14,15,16). The van der Waals surface area contributed by atoms with Crippen LogP contribution in [0.4, 0.5) is 11.6 Å². The van der Waals surface area contributed by atoms with Crippen molar-refractivity contribution >= 4 is 17.5 Å². The number of hydrogen-bond donors (Lipinski definition) is 2. The fourth-order valence-electron chi connectivity index (χ4n) is 2.17. The van der Waals surface area contributed by atoms with Crippen LogP contribution in [-0.2, 0) is 4.79 Å². The van der Waals surface area contributed by atoms with Crippen molar-refractivity contribution in [1.82, 2.24) is 14.9 Å². The minimum atomic E-state index is 0.211. The Bertz CT molecular complexity index is 448. The van der Waals surface area contributed by atoms with Crippen LogP contribution in [0.2, 0.25) is 0 Å². The van der Waals surface area contributed by atoms with Gasteiger partial charge in [-0.3, -0.25) is 4.79 Å². The van der Waals surface area contributed by atoms with E-state index in [0.717, 1.165) is 30.2 Å². The van der Waals surface area contributed by atoms with E-state index in [4.69, 9.17) is 0 Å². The van der Waals surface area contributed by atoms with E-state index in [0.29, 0.717) is 6.42 Å². The number of likely N-dealkylation sites (tertiary alicyclic amines) is 1. The van der Waals surface area contributed by atoms with Gasteiger partial charge < -0.3 is 15.5 Å². The average Bonchev–Trinajstić information content (AvgIpc) is 2.36. The molecule has 0 aliphatic carbocycles. The van der Waals surface area contributed by atoms with Crippen molar-refractivity contribution in [2.75, 3.05) is 31.3 Å². The Balaban J connectivity index is 2.08. The summed E-state index contributed by atoms with van der Waals surface area (Å²) in [6.07, 6.45) is 2.98. The number of nitrogens with zero attached hydrogens (tertiary/aromatic N) is 3. The molecule has 0 aromatic carbocycles. The summed E-state index contributed by atoms with van der Waals surface area (Å²) in [5.41, 5.74) is 1.000. The lowest BCUT2D eigenvalue weighted by Gasteiger charge is -2.30. The molecule has 2 heterocycles. The summed E-state index contributed by atoms with van der Waals surface area (Å²) < 4.78 is 0. The van der Waals surface area contributed by atoms with Crippen LogP contribution in [0, 0.1) is 6.92 Å². The number of piperidine rings is 1. The highest BCUT2D eigenvalue weighted by molar-refractivity contribution is 5.77. The molecule has 1 aliphatic heterocycles. The van der Waals surface area contributed by atoms with Gasteiger partial charge in [0.15, 0.2) is 0 Å². The van der Waals surface area contributed by atoms with Crippen LogP contribution in [0.5, 0.6) is 0 Å². The van der Waals surface area contributed by atoms with E-state index < -0.39 is 0 Å². The second-order valence-electron chi connectivity index (χ2n) is 4.60. The Kier molecular flexibility index (Phi) is 3.64. The molecule has 2 rings (SSSR count). The lowest BCUT2D eigenvalue weighted by atomic mass is 10.1. The van der Waals surface area contributed by atoms with Crippen LogP contribution in [0.15, 0.2) is 6.33 Å². The number of hydrogen-bond acceptors (Lipinski definition) is 5. The lowest BCUT2D eigenvalue weighted by molar-refractivity contribution is -0.132. The fraction of sp³-hybridized carbons (Fsp3) is 0.583. The first-order chi connectivity index (χ1) is 8.61. The van der Waals surface area contributed by atoms with Gasteiger partial charge in [-0.05, 0) is 13.3 Å². The van der Waals surface area contributed by atoms with Crippen LogP contribution < -0.4 is 10.6 Å². The molecule has 2 N–H and O–H groups in total. The summed E-state index contributed by atoms with van der Waals surface area (Å²) in [5, 5.41) is 6.42. The van der Waals surface area contributed by atoms with Gasteiger partial charge in [0.25, 0.3) is 0 Å². The summed E-state index contributed by atoms with van der Waals surface area (Å²) in [7, 11) is 3.67. The van der Waals surface area contributed by atoms with E-state index in [9.17, 15) is 4.79 Å². The van der Waals surface area contributed by atoms with E-state index in [1.165, 1.54) is 0 Å². The van der Waals surface area contributed by atoms with Gasteiger partial charge in [0, 0.05) is 38.7 Å². The molecule has 1 fully saturated rings. The smallest absolute Gasteiger partial charge is 0.222 e. The summed E-state index contributed by atoms with van der Waals surface area (Å²) in [6, 6.07) is 0.256. The van der Waals surface area contributed by atoms with Crippen molar-refractivity contribution in [3.63, 3.8) is 0 Å². The maximum absolute atomic E-state index is 11.4. The number of likely N-dealkylation sites (N-methyl/N-ethyl adjacent to an activating group) is 1. The zero-order chi connectivity index (χ0) is 13.1. The topological polar surface area (TPSA) is 70.1 Å². The third kappa shape index (κ3) is 2.52. The number of rotatable bonds is 3. The van der Waals surface area contributed by atoms with Crippen molar-refractivity contribution in [2.45, 2.75) is 25.8 Å². The van der Waals surface area contributed by atoms with Gasteiger partial charge >= 0.3 is 0 Å². The Morgan fingerprint density at radius 3 is 2.78 bits per heavy atom.